The Morgan fingerprint density at radius 3 is 2.65 bits per heavy atom. The lowest BCUT2D eigenvalue weighted by Crippen LogP contribution is -2.33. The first-order chi connectivity index (χ1) is 9.36. The van der Waals surface area contributed by atoms with Crippen LogP contribution < -0.4 is 0 Å². The van der Waals surface area contributed by atoms with Crippen molar-refractivity contribution in [3.63, 3.8) is 0 Å². The van der Waals surface area contributed by atoms with Crippen molar-refractivity contribution in [3.8, 4) is 0 Å². The van der Waals surface area contributed by atoms with Gasteiger partial charge in [0.2, 0.25) is 5.91 Å². The highest BCUT2D eigenvalue weighted by Gasteiger charge is 2.20. The molecule has 0 atom stereocenters. The number of hydrogen-bond acceptors (Lipinski definition) is 4. The second-order valence-electron chi connectivity index (χ2n) is 6.53. The van der Waals surface area contributed by atoms with Crippen molar-refractivity contribution in [3.05, 3.63) is 16.1 Å². The van der Waals surface area contributed by atoms with Crippen LogP contribution in [0.4, 0.5) is 0 Å². The van der Waals surface area contributed by atoms with Crippen LogP contribution in [0.25, 0.3) is 0 Å². The van der Waals surface area contributed by atoms with E-state index in [1.54, 1.807) is 18.3 Å². The molecule has 2 heterocycles. The lowest BCUT2D eigenvalue weighted by Gasteiger charge is -2.20. The molecule has 0 unspecified atom stereocenters. The molecule has 5 heteroatoms. The Bertz CT molecular complexity index is 464. The van der Waals surface area contributed by atoms with Crippen LogP contribution in [-0.2, 0) is 16.8 Å². The first kappa shape index (κ1) is 15.4. The van der Waals surface area contributed by atoms with Crippen LogP contribution in [0.2, 0.25) is 0 Å². The summed E-state index contributed by atoms with van der Waals surface area (Å²) in [5, 5.41) is 3.38. The van der Waals surface area contributed by atoms with E-state index in [1.807, 2.05) is 4.90 Å². The zero-order valence-corrected chi connectivity index (χ0v) is 13.8. The van der Waals surface area contributed by atoms with Gasteiger partial charge in [-0.05, 0) is 6.42 Å². The van der Waals surface area contributed by atoms with E-state index in [0.717, 1.165) is 44.8 Å². The number of carbonyl (C=O) groups is 1. The first-order valence-electron chi connectivity index (χ1n) is 7.29. The minimum Gasteiger partial charge on any atom is -0.342 e. The summed E-state index contributed by atoms with van der Waals surface area (Å²) in [7, 11) is 0. The number of amides is 1. The van der Waals surface area contributed by atoms with E-state index in [9.17, 15) is 4.79 Å². The number of carbonyl (C=O) groups excluding carboxylic acids is 1. The van der Waals surface area contributed by atoms with E-state index in [4.69, 9.17) is 4.98 Å². The van der Waals surface area contributed by atoms with Crippen LogP contribution in [0, 0.1) is 0 Å². The van der Waals surface area contributed by atoms with Crippen molar-refractivity contribution in [1.82, 2.24) is 14.8 Å². The smallest absolute Gasteiger partial charge is 0.219 e. The molecular weight excluding hydrogens is 270 g/mol. The third-order valence-corrected chi connectivity index (χ3v) is 4.93. The summed E-state index contributed by atoms with van der Waals surface area (Å²) < 4.78 is 0. The zero-order chi connectivity index (χ0) is 14.8. The molecule has 20 heavy (non-hydrogen) atoms. The van der Waals surface area contributed by atoms with E-state index in [0.29, 0.717) is 0 Å². The molecular formula is C15H25N3OS. The van der Waals surface area contributed by atoms with Crippen LogP contribution >= 0.6 is 11.3 Å². The fraction of sp³-hybridized carbons (Fsp3) is 0.733. The highest BCUT2D eigenvalue weighted by molar-refractivity contribution is 7.09. The number of thiazole rings is 1. The van der Waals surface area contributed by atoms with E-state index in [1.165, 1.54) is 5.01 Å². The number of rotatable bonds is 2. The highest BCUT2D eigenvalue weighted by atomic mass is 32.1. The maximum atomic E-state index is 11.4. The molecule has 0 aromatic carbocycles. The predicted molar refractivity (Wildman–Crippen MR) is 83.0 cm³/mol. The monoisotopic (exact) mass is 295 g/mol. The van der Waals surface area contributed by atoms with Gasteiger partial charge in [0.05, 0.1) is 10.7 Å². The summed E-state index contributed by atoms with van der Waals surface area (Å²) in [6.07, 6.45) is 1.05. The molecule has 0 spiro atoms. The SMILES string of the molecule is CC(=O)N1CCCN(Cc2csc(C(C)(C)C)n2)CC1. The largest absolute Gasteiger partial charge is 0.342 e. The third kappa shape index (κ3) is 4.03. The van der Waals surface area contributed by atoms with Crippen molar-refractivity contribution in [2.24, 2.45) is 0 Å². The van der Waals surface area contributed by atoms with Crippen LogP contribution in [0.5, 0.6) is 0 Å². The van der Waals surface area contributed by atoms with Gasteiger partial charge in [-0.25, -0.2) is 4.98 Å². The number of aromatic nitrogens is 1. The molecule has 0 N–H and O–H groups in total. The summed E-state index contributed by atoms with van der Waals surface area (Å²) in [5.74, 6) is 0.190. The molecule has 1 saturated heterocycles. The topological polar surface area (TPSA) is 36.4 Å². The quantitative estimate of drug-likeness (QED) is 0.841. The van der Waals surface area contributed by atoms with E-state index < -0.39 is 0 Å². The Morgan fingerprint density at radius 2 is 2.05 bits per heavy atom. The number of nitrogens with zero attached hydrogens (tertiary/aromatic N) is 3. The molecule has 0 bridgehead atoms. The average molecular weight is 295 g/mol. The van der Waals surface area contributed by atoms with Crippen molar-refractivity contribution in [2.75, 3.05) is 26.2 Å². The Balaban J connectivity index is 1.93. The molecule has 1 amide bonds. The summed E-state index contributed by atoms with van der Waals surface area (Å²) in [4.78, 5) is 20.5. The fourth-order valence-electron chi connectivity index (χ4n) is 2.40. The van der Waals surface area contributed by atoms with Crippen molar-refractivity contribution in [1.29, 1.82) is 0 Å². The fourth-order valence-corrected chi connectivity index (χ4v) is 3.30. The van der Waals surface area contributed by atoms with Crippen molar-refractivity contribution >= 4 is 17.2 Å². The van der Waals surface area contributed by atoms with Crippen molar-refractivity contribution < 1.29 is 4.79 Å². The zero-order valence-electron chi connectivity index (χ0n) is 13.0. The Kier molecular flexibility index (Phi) is 4.81. The molecule has 1 aliphatic heterocycles. The van der Waals surface area contributed by atoms with Gasteiger partial charge in [-0.2, -0.15) is 0 Å². The molecule has 0 radical (unpaired) electrons. The van der Waals surface area contributed by atoms with Crippen LogP contribution in [0.3, 0.4) is 0 Å². The maximum absolute atomic E-state index is 11.4. The lowest BCUT2D eigenvalue weighted by molar-refractivity contribution is -0.128. The molecule has 112 valence electrons. The second-order valence-corrected chi connectivity index (χ2v) is 7.39. The molecule has 1 aliphatic rings. The van der Waals surface area contributed by atoms with Gasteiger partial charge in [0.15, 0.2) is 0 Å². The lowest BCUT2D eigenvalue weighted by atomic mass is 9.98. The van der Waals surface area contributed by atoms with Gasteiger partial charge in [-0.1, -0.05) is 20.8 Å². The Hall–Kier alpha value is -0.940. The van der Waals surface area contributed by atoms with Gasteiger partial charge in [-0.15, -0.1) is 11.3 Å². The molecule has 1 aromatic heterocycles. The molecule has 4 nitrogen and oxygen atoms in total. The van der Waals surface area contributed by atoms with Gasteiger partial charge in [0, 0.05) is 50.4 Å². The van der Waals surface area contributed by atoms with E-state index in [-0.39, 0.29) is 11.3 Å². The minimum absolute atomic E-state index is 0.132. The highest BCUT2D eigenvalue weighted by Crippen LogP contribution is 2.26. The van der Waals surface area contributed by atoms with Crippen molar-refractivity contribution in [2.45, 2.75) is 46.1 Å². The van der Waals surface area contributed by atoms with E-state index in [2.05, 4.69) is 31.1 Å². The second kappa shape index (κ2) is 6.22. The van der Waals surface area contributed by atoms with Gasteiger partial charge in [0.1, 0.15) is 0 Å². The molecule has 0 aliphatic carbocycles. The maximum Gasteiger partial charge on any atom is 0.219 e. The van der Waals surface area contributed by atoms with Gasteiger partial charge < -0.3 is 4.90 Å². The minimum atomic E-state index is 0.132. The molecule has 1 aromatic rings. The summed E-state index contributed by atoms with van der Waals surface area (Å²) in [6.45, 7) is 12.9. The van der Waals surface area contributed by atoms with Gasteiger partial charge in [-0.3, -0.25) is 9.69 Å². The van der Waals surface area contributed by atoms with Gasteiger partial charge in [0.25, 0.3) is 0 Å². The number of hydrogen-bond donors (Lipinski definition) is 0. The van der Waals surface area contributed by atoms with Crippen LogP contribution in [-0.4, -0.2) is 46.9 Å². The molecule has 2 rings (SSSR count). The average Bonchev–Trinajstić information content (AvgIpc) is 2.68. The Morgan fingerprint density at radius 1 is 1.30 bits per heavy atom. The molecule has 0 saturated carbocycles. The standard InChI is InChI=1S/C15H25N3OS/c1-12(19)18-7-5-6-17(8-9-18)10-13-11-20-14(16-13)15(2,3)4/h11H,5-10H2,1-4H3. The van der Waals surface area contributed by atoms with Crippen LogP contribution in [0.15, 0.2) is 5.38 Å². The van der Waals surface area contributed by atoms with E-state index >= 15 is 0 Å². The first-order valence-corrected chi connectivity index (χ1v) is 8.17. The summed E-state index contributed by atoms with van der Waals surface area (Å²) >= 11 is 1.75. The predicted octanol–water partition coefficient (Wildman–Crippen LogP) is 2.49. The Labute approximate surface area is 125 Å². The summed E-state index contributed by atoms with van der Waals surface area (Å²) in [5.41, 5.74) is 1.30. The van der Waals surface area contributed by atoms with Gasteiger partial charge >= 0.3 is 0 Å². The third-order valence-electron chi connectivity index (χ3n) is 3.61. The normalized spacial score (nSPS) is 18.1. The van der Waals surface area contributed by atoms with Crippen LogP contribution in [0.1, 0.15) is 44.8 Å². The molecule has 1 fully saturated rings. The summed E-state index contributed by atoms with van der Waals surface area (Å²) in [6, 6.07) is 0.